The van der Waals surface area contributed by atoms with Crippen molar-refractivity contribution in [3.05, 3.63) is 53.6 Å². The third-order valence-corrected chi connectivity index (χ3v) is 12.6. The van der Waals surface area contributed by atoms with Crippen molar-refractivity contribution in [3.63, 3.8) is 0 Å². The second-order valence-electron chi connectivity index (χ2n) is 16.6. The first-order valence-corrected chi connectivity index (χ1v) is 26.4. The van der Waals surface area contributed by atoms with Gasteiger partial charge in [0, 0.05) is 56.1 Å². The molecular formula is C50H77N5O17S. The summed E-state index contributed by atoms with van der Waals surface area (Å²) in [5.74, 6) is -1.04. The van der Waals surface area contributed by atoms with Crippen molar-refractivity contribution in [1.29, 1.82) is 0 Å². The highest BCUT2D eigenvalue weighted by Crippen LogP contribution is 2.34. The monoisotopic (exact) mass is 1050 g/mol. The van der Waals surface area contributed by atoms with E-state index in [1.54, 1.807) is 24.3 Å². The molecule has 0 unspecified atom stereocenters. The van der Waals surface area contributed by atoms with E-state index in [-0.39, 0.29) is 60.9 Å². The molecule has 2 heterocycles. The molecule has 0 saturated carbocycles. The zero-order valence-electron chi connectivity index (χ0n) is 42.5. The average molecular weight is 1050 g/mol. The highest BCUT2D eigenvalue weighted by atomic mass is 32.2. The molecule has 4 N–H and O–H groups in total. The number of aliphatic carboxylic acids is 1. The minimum Gasteiger partial charge on any atom is -0.481 e. The summed E-state index contributed by atoms with van der Waals surface area (Å²) in [6.07, 6.45) is 2.85. The Labute approximate surface area is 429 Å². The number of fused-ring (bicyclic) bond motifs is 1. The number of nitrogens with zero attached hydrogens (tertiary/aromatic N) is 3. The van der Waals surface area contributed by atoms with E-state index in [2.05, 4.69) is 10.3 Å². The fourth-order valence-electron chi connectivity index (χ4n) is 7.04. The number of carbonyl (C=O) groups is 3. The Kier molecular flexibility index (Phi) is 30.5. The molecule has 1 fully saturated rings. The molecular weight excluding hydrogens is 975 g/mol. The van der Waals surface area contributed by atoms with Gasteiger partial charge in [0.1, 0.15) is 5.84 Å². The van der Waals surface area contributed by atoms with Crippen molar-refractivity contribution in [1.82, 2.24) is 14.7 Å². The van der Waals surface area contributed by atoms with Crippen LogP contribution in [0.4, 0.5) is 5.69 Å². The molecule has 0 radical (unpaired) electrons. The third-order valence-electron chi connectivity index (χ3n) is 10.8. The number of benzene rings is 2. The molecule has 0 aliphatic carbocycles. The Balaban J connectivity index is 0.931. The first-order chi connectivity index (χ1) is 35.5. The average Bonchev–Trinajstić information content (AvgIpc) is 3.53. The van der Waals surface area contributed by atoms with E-state index >= 15 is 0 Å². The Bertz CT molecular complexity index is 2080. The van der Waals surface area contributed by atoms with Crippen LogP contribution in [0.5, 0.6) is 0 Å². The molecule has 0 aromatic heterocycles. The number of nitrogens with two attached hydrogens (primary N) is 1. The van der Waals surface area contributed by atoms with Crippen LogP contribution in [0.15, 0.2) is 57.9 Å². The summed E-state index contributed by atoms with van der Waals surface area (Å²) in [5.41, 5.74) is 9.46. The van der Waals surface area contributed by atoms with Crippen LogP contribution in [0, 0.1) is 5.92 Å². The number of amides is 2. The Morgan fingerprint density at radius 2 is 1.16 bits per heavy atom. The molecule has 1 saturated heterocycles. The van der Waals surface area contributed by atoms with E-state index in [0.29, 0.717) is 169 Å². The second-order valence-corrected chi connectivity index (χ2v) is 18.5. The van der Waals surface area contributed by atoms with E-state index in [1.165, 1.54) is 9.37 Å². The fourth-order valence-corrected chi connectivity index (χ4v) is 8.68. The van der Waals surface area contributed by atoms with Crippen LogP contribution >= 0.6 is 0 Å². The SMILES string of the molecule is CCCN(OCC)C(=O)C1=Cc2ccc(-c3cccc(S(=O)(=O)N4CC(CNC(=O)CCOCCOCCOCCOCCOCCOCCOCCOCCOCCOCCC(=O)O)C4)c3)cc2N=C(N)C1. The fraction of sp³-hybridized carbons (Fsp3) is 0.640. The summed E-state index contributed by atoms with van der Waals surface area (Å²) in [7, 11) is -3.77. The standard InChI is InChI=1S/C50H77N5O17S/c1-3-12-55(72-4-2)50(59)44-33-43-9-8-42(35-46(43)53-47(51)36-44)41-6-5-7-45(34-41)73(60,61)54-38-40(39-54)37-52-48(56)10-13-62-15-17-64-19-21-66-23-25-68-27-29-70-31-32-71-30-28-69-26-24-67-22-20-65-18-16-63-14-11-49(57)58/h5-9,33-35,40H,3-4,10-32,36-39H2,1-2H3,(H2,51,53)(H,52,56)(H,57,58). The predicted octanol–water partition coefficient (Wildman–Crippen LogP) is 3.09. The molecule has 2 amide bonds. The van der Waals surface area contributed by atoms with Crippen LogP contribution in [0.2, 0.25) is 0 Å². The maximum atomic E-state index is 13.6. The van der Waals surface area contributed by atoms with Crippen molar-refractivity contribution in [3.8, 4) is 11.1 Å². The topological polar surface area (TPSA) is 264 Å². The van der Waals surface area contributed by atoms with Crippen LogP contribution in [-0.2, 0) is 76.6 Å². The van der Waals surface area contributed by atoms with Gasteiger partial charge in [-0.05, 0) is 48.7 Å². The van der Waals surface area contributed by atoms with Crippen LogP contribution in [0.1, 0.15) is 45.1 Å². The van der Waals surface area contributed by atoms with Crippen LogP contribution < -0.4 is 11.1 Å². The third kappa shape index (κ3) is 24.6. The number of amidine groups is 1. The van der Waals surface area contributed by atoms with E-state index < -0.39 is 16.0 Å². The van der Waals surface area contributed by atoms with E-state index in [1.807, 2.05) is 38.1 Å². The van der Waals surface area contributed by atoms with Crippen LogP contribution in [0.3, 0.4) is 0 Å². The molecule has 2 aromatic rings. The van der Waals surface area contributed by atoms with E-state index in [9.17, 15) is 22.8 Å². The normalized spacial score (nSPS) is 14.0. The minimum atomic E-state index is -3.77. The van der Waals surface area contributed by atoms with Gasteiger partial charge >= 0.3 is 5.97 Å². The molecule has 23 heteroatoms. The maximum absolute atomic E-state index is 13.6. The Hall–Kier alpha value is -4.47. The quantitative estimate of drug-likeness (QED) is 0.0636. The first-order valence-electron chi connectivity index (χ1n) is 25.0. The second kappa shape index (κ2) is 36.5. The summed E-state index contributed by atoms with van der Waals surface area (Å²) < 4.78 is 82.9. The molecule has 2 aromatic carbocycles. The highest BCUT2D eigenvalue weighted by Gasteiger charge is 2.37. The molecule has 2 aliphatic heterocycles. The van der Waals surface area contributed by atoms with Gasteiger partial charge in [0.05, 0.1) is 156 Å². The van der Waals surface area contributed by atoms with Gasteiger partial charge < -0.3 is 63.5 Å². The molecule has 2 aliphatic rings. The number of sulfonamides is 1. The van der Waals surface area contributed by atoms with Gasteiger partial charge in [-0.2, -0.15) is 4.31 Å². The van der Waals surface area contributed by atoms with Gasteiger partial charge in [-0.1, -0.05) is 31.2 Å². The zero-order valence-corrected chi connectivity index (χ0v) is 43.3. The van der Waals surface area contributed by atoms with Crippen molar-refractivity contribution in [2.24, 2.45) is 16.6 Å². The number of ether oxygens (including phenoxy) is 10. The number of rotatable bonds is 43. The Morgan fingerprint density at radius 3 is 1.64 bits per heavy atom. The van der Waals surface area contributed by atoms with Crippen molar-refractivity contribution in [2.75, 3.05) is 165 Å². The van der Waals surface area contributed by atoms with Crippen LogP contribution in [0.25, 0.3) is 17.2 Å². The van der Waals surface area contributed by atoms with Gasteiger partial charge in [-0.25, -0.2) is 18.5 Å². The number of carboxylic acids is 1. The minimum absolute atomic E-state index is 0.00889. The van der Waals surface area contributed by atoms with Crippen molar-refractivity contribution < 1.29 is 80.1 Å². The molecule has 73 heavy (non-hydrogen) atoms. The van der Waals surface area contributed by atoms with Gasteiger partial charge in [0.15, 0.2) is 0 Å². The van der Waals surface area contributed by atoms with E-state index in [4.69, 9.17) is 63.0 Å². The van der Waals surface area contributed by atoms with Gasteiger partial charge in [0.2, 0.25) is 15.9 Å². The molecule has 22 nitrogen and oxygen atoms in total. The van der Waals surface area contributed by atoms with Gasteiger partial charge in [-0.3, -0.25) is 19.2 Å². The lowest BCUT2D eigenvalue weighted by Crippen LogP contribution is -2.53. The summed E-state index contributed by atoms with van der Waals surface area (Å²) in [5, 5.41) is 12.8. The van der Waals surface area contributed by atoms with Gasteiger partial charge in [0.25, 0.3) is 5.91 Å². The van der Waals surface area contributed by atoms with Crippen molar-refractivity contribution >= 4 is 45.4 Å². The summed E-state index contributed by atoms with van der Waals surface area (Å²) in [6.45, 7) is 13.5. The number of hydrogen-bond acceptors (Lipinski definition) is 18. The molecule has 410 valence electrons. The number of aliphatic imine (C=N–C) groups is 1. The predicted molar refractivity (Wildman–Crippen MR) is 270 cm³/mol. The summed E-state index contributed by atoms with van der Waals surface area (Å²) >= 11 is 0. The smallest absolute Gasteiger partial charge is 0.305 e. The van der Waals surface area contributed by atoms with Crippen molar-refractivity contribution in [2.45, 2.75) is 44.4 Å². The largest absolute Gasteiger partial charge is 0.481 e. The number of nitrogens with one attached hydrogen (secondary N) is 1. The summed E-state index contributed by atoms with van der Waals surface area (Å²) in [6, 6.07) is 12.3. The van der Waals surface area contributed by atoms with Gasteiger partial charge in [-0.15, -0.1) is 0 Å². The number of carbonyl (C=O) groups excluding carboxylic acids is 2. The molecule has 4 rings (SSSR count). The first kappa shape index (κ1) is 61.1. The molecule has 0 atom stereocenters. The summed E-state index contributed by atoms with van der Waals surface area (Å²) in [4.78, 5) is 46.4. The maximum Gasteiger partial charge on any atom is 0.305 e. The lowest BCUT2D eigenvalue weighted by atomic mass is 10.0. The Morgan fingerprint density at radius 1 is 0.685 bits per heavy atom. The molecule has 0 bridgehead atoms. The molecule has 0 spiro atoms. The van der Waals surface area contributed by atoms with Crippen LogP contribution in [-0.4, -0.2) is 211 Å². The van der Waals surface area contributed by atoms with E-state index in [0.717, 1.165) is 17.5 Å². The zero-order chi connectivity index (χ0) is 52.4. The lowest BCUT2D eigenvalue weighted by Gasteiger charge is -2.38. The lowest BCUT2D eigenvalue weighted by molar-refractivity contribution is -0.180. The number of hydrogen-bond donors (Lipinski definition) is 3. The number of carboxylic acid groups (broad SMARTS) is 1. The number of hydroxylamine groups is 2. The highest BCUT2D eigenvalue weighted by molar-refractivity contribution is 7.89.